The Hall–Kier alpha value is -2.87. The first kappa shape index (κ1) is 21.8. The van der Waals surface area contributed by atoms with Gasteiger partial charge in [0.05, 0.1) is 17.7 Å². The Morgan fingerprint density at radius 2 is 2.07 bits per heavy atom. The van der Waals surface area contributed by atoms with Crippen LogP contribution in [0.5, 0.6) is 0 Å². The van der Waals surface area contributed by atoms with Gasteiger partial charge in [0.2, 0.25) is 5.91 Å². The van der Waals surface area contributed by atoms with Crippen LogP contribution in [0.3, 0.4) is 0 Å². The van der Waals surface area contributed by atoms with Gasteiger partial charge in [-0.05, 0) is 37.8 Å². The largest absolute Gasteiger partial charge is 0.385 e. The van der Waals surface area contributed by atoms with Crippen molar-refractivity contribution in [3.05, 3.63) is 53.4 Å². The number of pyridine rings is 1. The SMILES string of the molecule is COCCCNC(=O)c1cnc(C)nc1C1CCN(C(=O)Cc2cccnc2)CC1. The Morgan fingerprint density at radius 1 is 1.27 bits per heavy atom. The Bertz CT molecular complexity index is 851. The Morgan fingerprint density at radius 3 is 2.77 bits per heavy atom. The van der Waals surface area contributed by atoms with Crippen LogP contribution in [-0.2, 0) is 16.0 Å². The number of ether oxygens (including phenoxy) is 1. The second-order valence-electron chi connectivity index (χ2n) is 7.51. The van der Waals surface area contributed by atoms with Gasteiger partial charge in [0.1, 0.15) is 5.82 Å². The summed E-state index contributed by atoms with van der Waals surface area (Å²) < 4.78 is 5.02. The van der Waals surface area contributed by atoms with E-state index in [2.05, 4.69) is 20.3 Å². The molecular formula is C22H29N5O3. The summed E-state index contributed by atoms with van der Waals surface area (Å²) in [6, 6.07) is 3.76. The molecule has 8 nitrogen and oxygen atoms in total. The summed E-state index contributed by atoms with van der Waals surface area (Å²) in [7, 11) is 1.64. The number of nitrogens with zero attached hydrogens (tertiary/aromatic N) is 4. The monoisotopic (exact) mass is 411 g/mol. The summed E-state index contributed by atoms with van der Waals surface area (Å²) in [5.41, 5.74) is 2.23. The molecule has 1 N–H and O–H groups in total. The highest BCUT2D eigenvalue weighted by molar-refractivity contribution is 5.95. The molecule has 2 amide bonds. The quantitative estimate of drug-likeness (QED) is 0.667. The normalized spacial score (nSPS) is 14.5. The van der Waals surface area contributed by atoms with Crippen LogP contribution in [0.1, 0.15) is 52.6 Å². The number of carbonyl (C=O) groups excluding carboxylic acids is 2. The van der Waals surface area contributed by atoms with Gasteiger partial charge in [0, 0.05) is 57.9 Å². The maximum atomic E-state index is 12.7. The second kappa shape index (κ2) is 10.8. The fourth-order valence-corrected chi connectivity index (χ4v) is 3.68. The fraction of sp³-hybridized carbons (Fsp3) is 0.500. The van der Waals surface area contributed by atoms with Gasteiger partial charge in [0.25, 0.3) is 5.91 Å². The molecule has 0 aliphatic carbocycles. The van der Waals surface area contributed by atoms with Crippen LogP contribution < -0.4 is 5.32 Å². The first-order valence-electron chi connectivity index (χ1n) is 10.4. The molecule has 30 heavy (non-hydrogen) atoms. The molecule has 1 aliphatic heterocycles. The molecular weight excluding hydrogens is 382 g/mol. The molecule has 3 rings (SSSR count). The lowest BCUT2D eigenvalue weighted by Gasteiger charge is -2.32. The van der Waals surface area contributed by atoms with Gasteiger partial charge in [0.15, 0.2) is 0 Å². The smallest absolute Gasteiger partial charge is 0.254 e. The molecule has 0 spiro atoms. The first-order valence-corrected chi connectivity index (χ1v) is 10.4. The van der Waals surface area contributed by atoms with Gasteiger partial charge in [-0.25, -0.2) is 9.97 Å². The van der Waals surface area contributed by atoms with Crippen LogP contribution in [0.15, 0.2) is 30.7 Å². The lowest BCUT2D eigenvalue weighted by molar-refractivity contribution is -0.131. The topological polar surface area (TPSA) is 97.3 Å². The number of aromatic nitrogens is 3. The highest BCUT2D eigenvalue weighted by Gasteiger charge is 2.28. The average molecular weight is 412 g/mol. The summed E-state index contributed by atoms with van der Waals surface area (Å²) in [5.74, 6) is 0.734. The summed E-state index contributed by atoms with van der Waals surface area (Å²) >= 11 is 0. The zero-order chi connectivity index (χ0) is 21.3. The van der Waals surface area contributed by atoms with Gasteiger partial charge in [-0.3, -0.25) is 14.6 Å². The summed E-state index contributed by atoms with van der Waals surface area (Å²) in [5, 5.41) is 2.92. The van der Waals surface area contributed by atoms with Crippen LogP contribution >= 0.6 is 0 Å². The molecule has 8 heteroatoms. The molecule has 160 valence electrons. The summed E-state index contributed by atoms with van der Waals surface area (Å²) in [4.78, 5) is 40.0. The van der Waals surface area contributed by atoms with Gasteiger partial charge in [-0.2, -0.15) is 0 Å². The van der Waals surface area contributed by atoms with Crippen molar-refractivity contribution in [3.63, 3.8) is 0 Å². The third-order valence-corrected chi connectivity index (χ3v) is 5.31. The van der Waals surface area contributed by atoms with Crippen molar-refractivity contribution in [1.82, 2.24) is 25.2 Å². The van der Waals surface area contributed by atoms with Crippen LogP contribution in [-0.4, -0.2) is 65.0 Å². The highest BCUT2D eigenvalue weighted by Crippen LogP contribution is 2.29. The molecule has 1 saturated heterocycles. The maximum Gasteiger partial charge on any atom is 0.254 e. The lowest BCUT2D eigenvalue weighted by atomic mass is 9.90. The molecule has 2 aromatic rings. The number of likely N-dealkylation sites (tertiary alicyclic amines) is 1. The minimum absolute atomic E-state index is 0.108. The Balaban J connectivity index is 1.61. The van der Waals surface area contributed by atoms with E-state index in [1.165, 1.54) is 0 Å². The molecule has 0 radical (unpaired) electrons. The van der Waals surface area contributed by atoms with Crippen LogP contribution in [0, 0.1) is 6.92 Å². The highest BCUT2D eigenvalue weighted by atomic mass is 16.5. The van der Waals surface area contributed by atoms with Crippen molar-refractivity contribution in [2.24, 2.45) is 0 Å². The van der Waals surface area contributed by atoms with E-state index in [0.29, 0.717) is 44.0 Å². The molecule has 3 heterocycles. The van der Waals surface area contributed by atoms with E-state index in [9.17, 15) is 9.59 Å². The van der Waals surface area contributed by atoms with E-state index in [1.807, 2.05) is 24.0 Å². The number of rotatable bonds is 8. The molecule has 0 saturated carbocycles. The minimum Gasteiger partial charge on any atom is -0.385 e. The van der Waals surface area contributed by atoms with Gasteiger partial charge >= 0.3 is 0 Å². The fourth-order valence-electron chi connectivity index (χ4n) is 3.68. The zero-order valence-electron chi connectivity index (χ0n) is 17.6. The van der Waals surface area contributed by atoms with Crippen molar-refractivity contribution in [3.8, 4) is 0 Å². The maximum absolute atomic E-state index is 12.7. The molecule has 0 aromatic carbocycles. The standard InChI is InChI=1S/C22H29N5O3/c1-16-25-15-19(22(29)24-9-4-12-30-2)21(26-16)18-6-10-27(11-7-18)20(28)13-17-5-3-8-23-14-17/h3,5,8,14-15,18H,4,6-7,9-13H2,1-2H3,(H,24,29). The first-order chi connectivity index (χ1) is 14.6. The number of hydrogen-bond donors (Lipinski definition) is 1. The molecule has 2 aromatic heterocycles. The number of piperidine rings is 1. The Labute approximate surface area is 177 Å². The van der Waals surface area contributed by atoms with Gasteiger partial charge in [-0.1, -0.05) is 6.07 Å². The lowest BCUT2D eigenvalue weighted by Crippen LogP contribution is -2.39. The van der Waals surface area contributed by atoms with Crippen molar-refractivity contribution < 1.29 is 14.3 Å². The third kappa shape index (κ3) is 5.82. The summed E-state index contributed by atoms with van der Waals surface area (Å²) in [6.07, 6.45) is 7.71. The van der Waals surface area contributed by atoms with E-state index in [-0.39, 0.29) is 17.7 Å². The predicted octanol–water partition coefficient (Wildman–Crippen LogP) is 1.90. The number of aryl methyl sites for hydroxylation is 1. The van der Waals surface area contributed by atoms with Gasteiger partial charge in [-0.15, -0.1) is 0 Å². The molecule has 0 unspecified atom stereocenters. The van der Waals surface area contributed by atoms with Gasteiger partial charge < -0.3 is 15.0 Å². The third-order valence-electron chi connectivity index (χ3n) is 5.31. The Kier molecular flexibility index (Phi) is 7.84. The van der Waals surface area contributed by atoms with Crippen LogP contribution in [0.25, 0.3) is 0 Å². The molecule has 0 atom stereocenters. The second-order valence-corrected chi connectivity index (χ2v) is 7.51. The molecule has 1 aliphatic rings. The van der Waals surface area contributed by atoms with Crippen LogP contribution in [0.4, 0.5) is 0 Å². The number of amides is 2. The molecule has 0 bridgehead atoms. The van der Waals surface area contributed by atoms with E-state index in [1.54, 1.807) is 25.7 Å². The summed E-state index contributed by atoms with van der Waals surface area (Å²) in [6.45, 7) is 4.28. The zero-order valence-corrected chi connectivity index (χ0v) is 17.6. The van der Waals surface area contributed by atoms with E-state index < -0.39 is 0 Å². The van der Waals surface area contributed by atoms with E-state index in [4.69, 9.17) is 4.74 Å². The van der Waals surface area contributed by atoms with Crippen molar-refractivity contribution in [2.75, 3.05) is 33.4 Å². The molecule has 1 fully saturated rings. The van der Waals surface area contributed by atoms with Crippen molar-refractivity contribution >= 4 is 11.8 Å². The number of hydrogen-bond acceptors (Lipinski definition) is 6. The minimum atomic E-state index is -0.156. The number of nitrogens with one attached hydrogen (secondary N) is 1. The van der Waals surface area contributed by atoms with Crippen molar-refractivity contribution in [1.29, 1.82) is 0 Å². The number of methoxy groups -OCH3 is 1. The number of carbonyl (C=O) groups is 2. The average Bonchev–Trinajstić information content (AvgIpc) is 2.77. The van der Waals surface area contributed by atoms with E-state index >= 15 is 0 Å². The van der Waals surface area contributed by atoms with E-state index in [0.717, 1.165) is 30.5 Å². The van der Waals surface area contributed by atoms with Crippen molar-refractivity contribution in [2.45, 2.75) is 38.5 Å². The predicted molar refractivity (Wildman–Crippen MR) is 112 cm³/mol. The van der Waals surface area contributed by atoms with Crippen LogP contribution in [0.2, 0.25) is 0 Å².